The Balaban J connectivity index is 1.50. The molecule has 0 atom stereocenters. The first kappa shape index (κ1) is 29.1. The van der Waals surface area contributed by atoms with Gasteiger partial charge in [0.2, 0.25) is 0 Å². The van der Waals surface area contributed by atoms with Crippen molar-refractivity contribution in [3.8, 4) is 11.3 Å². The summed E-state index contributed by atoms with van der Waals surface area (Å²) in [6.45, 7) is 8.73. The lowest BCUT2D eigenvalue weighted by molar-refractivity contribution is -0.127. The molecule has 1 N–H and O–H groups in total. The van der Waals surface area contributed by atoms with E-state index in [2.05, 4.69) is 5.16 Å². The van der Waals surface area contributed by atoms with Crippen molar-refractivity contribution in [3.63, 3.8) is 0 Å². The van der Waals surface area contributed by atoms with Crippen LogP contribution in [0.4, 0.5) is 8.78 Å². The molecule has 2 aromatic carbocycles. The first-order valence-corrected chi connectivity index (χ1v) is 13.2. The number of benzene rings is 2. The molecule has 9 heteroatoms. The van der Waals surface area contributed by atoms with Crippen molar-refractivity contribution in [1.82, 2.24) is 10.1 Å². The van der Waals surface area contributed by atoms with Gasteiger partial charge in [-0.1, -0.05) is 42.7 Å². The van der Waals surface area contributed by atoms with E-state index in [4.69, 9.17) is 16.1 Å². The maximum atomic E-state index is 14.2. The van der Waals surface area contributed by atoms with Gasteiger partial charge in [0.1, 0.15) is 23.1 Å². The summed E-state index contributed by atoms with van der Waals surface area (Å²) in [7, 11) is 0. The molecule has 3 aromatic rings. The highest BCUT2D eigenvalue weighted by Crippen LogP contribution is 2.41. The molecule has 0 radical (unpaired) electrons. The number of aromatic nitrogens is 1. The Kier molecular flexibility index (Phi) is 8.13. The molecule has 1 aromatic heterocycles. The predicted octanol–water partition coefficient (Wildman–Crippen LogP) is 6.25. The number of nitrogens with zero attached hydrogens (tertiary/aromatic N) is 2. The van der Waals surface area contributed by atoms with E-state index in [1.165, 1.54) is 12.1 Å². The summed E-state index contributed by atoms with van der Waals surface area (Å²) in [5.74, 6) is -1.85. The van der Waals surface area contributed by atoms with E-state index in [0.29, 0.717) is 24.7 Å². The van der Waals surface area contributed by atoms with Crippen molar-refractivity contribution in [2.24, 2.45) is 5.41 Å². The smallest absolute Gasteiger partial charge is 0.185 e. The van der Waals surface area contributed by atoms with Gasteiger partial charge in [-0.2, -0.15) is 0 Å². The summed E-state index contributed by atoms with van der Waals surface area (Å²) in [6.07, 6.45) is 0.492. The number of Topliss-reactive ketones (excluding diaryl/α,β-unsaturated/α-hetero) is 2. The quantitative estimate of drug-likeness (QED) is 0.280. The highest BCUT2D eigenvalue weighted by Gasteiger charge is 2.47. The number of aliphatic hydroxyl groups is 1. The molecular formula is C30H33ClF2N2O4. The van der Waals surface area contributed by atoms with Gasteiger partial charge in [0.05, 0.1) is 11.2 Å². The van der Waals surface area contributed by atoms with E-state index in [-0.39, 0.29) is 47.8 Å². The first-order valence-electron chi connectivity index (χ1n) is 12.8. The fraction of sp³-hybridized carbons (Fsp3) is 0.433. The fourth-order valence-corrected chi connectivity index (χ4v) is 5.68. The van der Waals surface area contributed by atoms with Crippen LogP contribution in [0.25, 0.3) is 11.3 Å². The number of carbonyl (C=O) groups is 2. The van der Waals surface area contributed by atoms with Crippen molar-refractivity contribution in [3.05, 3.63) is 76.4 Å². The second-order valence-electron chi connectivity index (χ2n) is 12.0. The number of hydrogen-bond acceptors (Lipinski definition) is 6. The molecule has 0 amide bonds. The molecule has 4 rings (SSSR count). The number of β-amino-alcohol motifs (C(OH)–C–C–N with tert-alkyl or cyclic N) is 1. The van der Waals surface area contributed by atoms with E-state index < -0.39 is 28.1 Å². The standard InChI is InChI=1S/C30H33ClF2N2O4/c1-28(2,19-6-5-7-20(31)10-19)13-22(36)14-30(17-35(18-30)16-29(3,4)38)15-26(37)25-12-27(39-34-25)23-9-8-21(32)11-24(23)33/h5-12,38H,13-18H2,1-4H3. The second-order valence-corrected chi connectivity index (χ2v) is 12.5. The largest absolute Gasteiger partial charge is 0.389 e. The molecule has 1 fully saturated rings. The Morgan fingerprint density at radius 1 is 1.08 bits per heavy atom. The van der Waals surface area contributed by atoms with E-state index >= 15 is 0 Å². The van der Waals surface area contributed by atoms with Crippen molar-refractivity contribution in [2.45, 2.75) is 58.0 Å². The number of carbonyl (C=O) groups excluding carboxylic acids is 2. The lowest BCUT2D eigenvalue weighted by Gasteiger charge is -2.51. The maximum absolute atomic E-state index is 14.2. The average Bonchev–Trinajstić information content (AvgIpc) is 3.26. The molecule has 208 valence electrons. The average molecular weight is 559 g/mol. The molecule has 6 nitrogen and oxygen atoms in total. The molecule has 0 bridgehead atoms. The normalized spacial score (nSPS) is 15.7. The molecule has 1 aliphatic heterocycles. The summed E-state index contributed by atoms with van der Waals surface area (Å²) in [5, 5.41) is 14.7. The van der Waals surface area contributed by atoms with Crippen LogP contribution in [0.15, 0.2) is 53.1 Å². The Morgan fingerprint density at radius 3 is 2.44 bits per heavy atom. The zero-order valence-electron chi connectivity index (χ0n) is 22.6. The SMILES string of the molecule is CC(C)(O)CN1CC(CC(=O)CC(C)(C)c2cccc(Cl)c2)(CC(=O)c2cc(-c3ccc(F)cc3F)on2)C1. The molecule has 0 saturated carbocycles. The van der Waals surface area contributed by atoms with Gasteiger partial charge < -0.3 is 9.63 Å². The summed E-state index contributed by atoms with van der Waals surface area (Å²) >= 11 is 6.17. The van der Waals surface area contributed by atoms with E-state index in [1.807, 2.05) is 36.9 Å². The minimum Gasteiger partial charge on any atom is -0.389 e. The highest BCUT2D eigenvalue weighted by atomic mass is 35.5. The zero-order valence-corrected chi connectivity index (χ0v) is 23.3. The number of ketones is 2. The monoisotopic (exact) mass is 558 g/mol. The lowest BCUT2D eigenvalue weighted by atomic mass is 9.69. The van der Waals surface area contributed by atoms with Gasteiger partial charge in [-0.25, -0.2) is 8.78 Å². The molecule has 0 aliphatic carbocycles. The zero-order chi connectivity index (χ0) is 28.6. The van der Waals surface area contributed by atoms with Crippen LogP contribution in [0.2, 0.25) is 5.02 Å². The van der Waals surface area contributed by atoms with Gasteiger partial charge in [0, 0.05) is 61.5 Å². The third-order valence-corrected chi connectivity index (χ3v) is 7.31. The van der Waals surface area contributed by atoms with Gasteiger partial charge in [-0.3, -0.25) is 14.5 Å². The number of likely N-dealkylation sites (tertiary alicyclic amines) is 1. The number of halogens is 3. The molecule has 2 heterocycles. The lowest BCUT2D eigenvalue weighted by Crippen LogP contribution is -2.60. The van der Waals surface area contributed by atoms with Gasteiger partial charge in [0.25, 0.3) is 0 Å². The van der Waals surface area contributed by atoms with Gasteiger partial charge in [0.15, 0.2) is 11.5 Å². The third-order valence-electron chi connectivity index (χ3n) is 7.07. The van der Waals surface area contributed by atoms with Crippen LogP contribution in [0.1, 0.15) is 63.0 Å². The van der Waals surface area contributed by atoms with Crippen LogP contribution in [-0.4, -0.2) is 52.0 Å². The molecule has 0 unspecified atom stereocenters. The van der Waals surface area contributed by atoms with Crippen LogP contribution in [-0.2, 0) is 10.2 Å². The summed E-state index contributed by atoms with van der Waals surface area (Å²) in [6, 6.07) is 11.8. The van der Waals surface area contributed by atoms with Crippen molar-refractivity contribution in [2.75, 3.05) is 19.6 Å². The van der Waals surface area contributed by atoms with Crippen molar-refractivity contribution >= 4 is 23.2 Å². The topological polar surface area (TPSA) is 83.6 Å². The summed E-state index contributed by atoms with van der Waals surface area (Å²) in [4.78, 5) is 28.7. The molecule has 1 aliphatic rings. The molecule has 0 spiro atoms. The van der Waals surface area contributed by atoms with Gasteiger partial charge in [-0.05, 0) is 49.1 Å². The van der Waals surface area contributed by atoms with Crippen molar-refractivity contribution in [1.29, 1.82) is 0 Å². The maximum Gasteiger partial charge on any atom is 0.185 e. The third kappa shape index (κ3) is 7.18. The minimum absolute atomic E-state index is 0.00363. The molecule has 39 heavy (non-hydrogen) atoms. The van der Waals surface area contributed by atoms with Crippen LogP contribution in [0.5, 0.6) is 0 Å². The van der Waals surface area contributed by atoms with Crippen molar-refractivity contribution < 1.29 is 28.0 Å². The Labute approximate surface area is 231 Å². The van der Waals surface area contributed by atoms with Crippen LogP contribution >= 0.6 is 11.6 Å². The first-order chi connectivity index (χ1) is 18.1. The predicted molar refractivity (Wildman–Crippen MR) is 145 cm³/mol. The minimum atomic E-state index is -0.922. The van der Waals surface area contributed by atoms with E-state index in [9.17, 15) is 23.5 Å². The van der Waals surface area contributed by atoms with Crippen LogP contribution < -0.4 is 0 Å². The van der Waals surface area contributed by atoms with E-state index in [1.54, 1.807) is 19.9 Å². The highest BCUT2D eigenvalue weighted by molar-refractivity contribution is 6.30. The second kappa shape index (κ2) is 10.9. The molecular weight excluding hydrogens is 526 g/mol. The molecule has 1 saturated heterocycles. The van der Waals surface area contributed by atoms with Gasteiger partial charge in [-0.15, -0.1) is 0 Å². The summed E-state index contributed by atoms with van der Waals surface area (Å²) < 4.78 is 32.7. The van der Waals surface area contributed by atoms with Gasteiger partial charge >= 0.3 is 0 Å². The van der Waals surface area contributed by atoms with Crippen LogP contribution in [0.3, 0.4) is 0 Å². The Hall–Kier alpha value is -2.94. The fourth-order valence-electron chi connectivity index (χ4n) is 5.49. The summed E-state index contributed by atoms with van der Waals surface area (Å²) in [5.41, 5.74) is -1.05. The van der Waals surface area contributed by atoms with Crippen LogP contribution in [0, 0.1) is 17.0 Å². The Bertz CT molecular complexity index is 1370. The number of rotatable bonds is 11. The Morgan fingerprint density at radius 2 is 1.79 bits per heavy atom. The van der Waals surface area contributed by atoms with E-state index in [0.717, 1.165) is 17.7 Å². The number of hydrogen-bond donors (Lipinski definition) is 1.